The number of nitrogens with one attached hydrogen (secondary N) is 2. The molecular weight excluding hydrogens is 358 g/mol. The predicted octanol–water partition coefficient (Wildman–Crippen LogP) is 3.85. The van der Waals surface area contributed by atoms with Gasteiger partial charge in [-0.15, -0.1) is 0 Å². The number of halogens is 1. The highest BCUT2D eigenvalue weighted by Crippen LogP contribution is 2.32. The molecule has 2 aromatic carbocycles. The first kappa shape index (κ1) is 19.7. The van der Waals surface area contributed by atoms with Gasteiger partial charge in [0.2, 0.25) is 5.91 Å². The first-order chi connectivity index (χ1) is 12.3. The average molecular weight is 378 g/mol. The Bertz CT molecular complexity index is 826. The number of hydrogen-bond acceptors (Lipinski definition) is 5. The van der Waals surface area contributed by atoms with Crippen LogP contribution in [0.3, 0.4) is 0 Å². The summed E-state index contributed by atoms with van der Waals surface area (Å²) in [7, 11) is 1.34. The lowest BCUT2D eigenvalue weighted by molar-refractivity contribution is -0.385. The molecule has 26 heavy (non-hydrogen) atoms. The van der Waals surface area contributed by atoms with Gasteiger partial charge in [0.25, 0.3) is 0 Å². The zero-order valence-electron chi connectivity index (χ0n) is 14.7. The van der Waals surface area contributed by atoms with Crippen LogP contribution >= 0.6 is 11.6 Å². The van der Waals surface area contributed by atoms with E-state index in [1.54, 1.807) is 13.0 Å². The van der Waals surface area contributed by atoms with Crippen molar-refractivity contribution in [3.8, 4) is 5.75 Å². The van der Waals surface area contributed by atoms with E-state index in [2.05, 4.69) is 10.6 Å². The summed E-state index contributed by atoms with van der Waals surface area (Å²) in [4.78, 5) is 22.7. The molecule has 2 rings (SSSR count). The maximum Gasteiger partial charge on any atom is 0.311 e. The Kier molecular flexibility index (Phi) is 6.54. The number of anilines is 1. The van der Waals surface area contributed by atoms with Crippen LogP contribution in [0.15, 0.2) is 36.4 Å². The van der Waals surface area contributed by atoms with Crippen LogP contribution in [0, 0.1) is 17.0 Å². The summed E-state index contributed by atoms with van der Waals surface area (Å²) >= 11 is 5.97. The average Bonchev–Trinajstić information content (AvgIpc) is 2.60. The van der Waals surface area contributed by atoms with Gasteiger partial charge in [0.05, 0.1) is 18.6 Å². The Balaban J connectivity index is 2.02. The van der Waals surface area contributed by atoms with Gasteiger partial charge in [0.15, 0.2) is 5.75 Å². The molecule has 1 amide bonds. The van der Waals surface area contributed by atoms with Crippen LogP contribution in [0.25, 0.3) is 0 Å². The molecule has 8 heteroatoms. The molecule has 0 heterocycles. The van der Waals surface area contributed by atoms with E-state index in [1.165, 1.54) is 19.2 Å². The molecule has 0 saturated carbocycles. The number of benzene rings is 2. The number of nitrogens with zero attached hydrogens (tertiary/aromatic N) is 1. The van der Waals surface area contributed by atoms with Gasteiger partial charge >= 0.3 is 5.69 Å². The number of carbonyl (C=O) groups excluding carboxylic acids is 1. The smallest absolute Gasteiger partial charge is 0.311 e. The lowest BCUT2D eigenvalue weighted by atomic mass is 10.1. The van der Waals surface area contributed by atoms with Crippen molar-refractivity contribution in [2.24, 2.45) is 0 Å². The number of nitro benzene ring substituents is 1. The number of amides is 1. The fourth-order valence-corrected chi connectivity index (χ4v) is 2.65. The minimum absolute atomic E-state index is 0.0630. The van der Waals surface area contributed by atoms with Gasteiger partial charge in [-0.3, -0.25) is 14.9 Å². The fraction of sp³-hybridized carbons (Fsp3) is 0.278. The zero-order valence-corrected chi connectivity index (χ0v) is 15.5. The highest BCUT2D eigenvalue weighted by Gasteiger charge is 2.18. The topological polar surface area (TPSA) is 93.5 Å². The van der Waals surface area contributed by atoms with Gasteiger partial charge in [-0.05, 0) is 37.1 Å². The van der Waals surface area contributed by atoms with E-state index in [-0.39, 0.29) is 29.9 Å². The minimum atomic E-state index is -0.522. The van der Waals surface area contributed by atoms with Gasteiger partial charge in [-0.1, -0.05) is 23.7 Å². The van der Waals surface area contributed by atoms with Crippen molar-refractivity contribution in [1.29, 1.82) is 0 Å². The van der Waals surface area contributed by atoms with Crippen LogP contribution in [0.5, 0.6) is 5.75 Å². The van der Waals surface area contributed by atoms with E-state index in [0.717, 1.165) is 5.56 Å². The second kappa shape index (κ2) is 8.64. The van der Waals surface area contributed by atoms with Crippen molar-refractivity contribution >= 4 is 28.9 Å². The van der Waals surface area contributed by atoms with E-state index in [4.69, 9.17) is 16.3 Å². The molecule has 0 aromatic heterocycles. The molecule has 0 fully saturated rings. The minimum Gasteiger partial charge on any atom is -0.490 e. The number of nitro groups is 1. The first-order valence-electron chi connectivity index (χ1n) is 7.93. The number of rotatable bonds is 7. The van der Waals surface area contributed by atoms with Gasteiger partial charge in [0, 0.05) is 28.9 Å². The quantitative estimate of drug-likeness (QED) is 0.564. The first-order valence-corrected chi connectivity index (χ1v) is 8.31. The standard InChI is InChI=1S/C18H20ClN3O4/c1-11-7-16(22(24)25)17(26-3)9-15(11)21-18(23)10-20-12(2)13-5-4-6-14(19)8-13/h4-9,12,20H,10H2,1-3H3,(H,21,23)/t12-/m1/s1. The van der Waals surface area contributed by atoms with Gasteiger partial charge in [-0.25, -0.2) is 0 Å². The van der Waals surface area contributed by atoms with E-state index in [9.17, 15) is 14.9 Å². The van der Waals surface area contributed by atoms with Crippen molar-refractivity contribution in [2.45, 2.75) is 19.9 Å². The molecule has 1 atom stereocenters. The number of hydrogen-bond donors (Lipinski definition) is 2. The summed E-state index contributed by atoms with van der Waals surface area (Å²) < 4.78 is 5.03. The van der Waals surface area contributed by atoms with E-state index in [1.807, 2.05) is 25.1 Å². The zero-order chi connectivity index (χ0) is 19.3. The van der Waals surface area contributed by atoms with Crippen LogP contribution in [0.2, 0.25) is 5.02 Å². The summed E-state index contributed by atoms with van der Waals surface area (Å²) in [6.07, 6.45) is 0. The van der Waals surface area contributed by atoms with Crippen LogP contribution in [0.1, 0.15) is 24.1 Å². The van der Waals surface area contributed by atoms with Crippen molar-refractivity contribution in [3.05, 3.63) is 62.7 Å². The Labute approximate surface area is 156 Å². The van der Waals surface area contributed by atoms with Crippen LogP contribution in [0.4, 0.5) is 11.4 Å². The van der Waals surface area contributed by atoms with Crippen molar-refractivity contribution in [3.63, 3.8) is 0 Å². The number of aryl methyl sites for hydroxylation is 1. The molecule has 0 radical (unpaired) electrons. The molecule has 0 aliphatic carbocycles. The van der Waals surface area contributed by atoms with Crippen molar-refractivity contribution in [1.82, 2.24) is 5.32 Å². The van der Waals surface area contributed by atoms with Crippen LogP contribution in [-0.2, 0) is 4.79 Å². The van der Waals surface area contributed by atoms with Crippen LogP contribution in [-0.4, -0.2) is 24.5 Å². The third-order valence-electron chi connectivity index (χ3n) is 3.91. The number of ether oxygens (including phenoxy) is 1. The van der Waals surface area contributed by atoms with Gasteiger partial charge in [-0.2, -0.15) is 0 Å². The third-order valence-corrected chi connectivity index (χ3v) is 4.15. The molecule has 0 saturated heterocycles. The monoisotopic (exact) mass is 377 g/mol. The molecule has 138 valence electrons. The SMILES string of the molecule is COc1cc(NC(=O)CN[C@H](C)c2cccc(Cl)c2)c(C)cc1[N+](=O)[O-]. The molecule has 0 aliphatic rings. The van der Waals surface area contributed by atoms with Gasteiger partial charge < -0.3 is 15.4 Å². The summed E-state index contributed by atoms with van der Waals surface area (Å²) in [5, 5.41) is 17.5. The lowest BCUT2D eigenvalue weighted by Crippen LogP contribution is -2.30. The van der Waals surface area contributed by atoms with Crippen molar-refractivity contribution < 1.29 is 14.5 Å². The molecule has 0 bridgehead atoms. The van der Waals surface area contributed by atoms with Gasteiger partial charge in [0.1, 0.15) is 0 Å². The summed E-state index contributed by atoms with van der Waals surface area (Å²) in [6.45, 7) is 3.69. The largest absolute Gasteiger partial charge is 0.490 e. The molecule has 0 aliphatic heterocycles. The molecule has 2 aromatic rings. The normalized spacial score (nSPS) is 11.7. The molecule has 0 spiro atoms. The fourth-order valence-electron chi connectivity index (χ4n) is 2.45. The maximum absolute atomic E-state index is 12.2. The Hall–Kier alpha value is -2.64. The van der Waals surface area contributed by atoms with E-state index >= 15 is 0 Å². The molecule has 7 nitrogen and oxygen atoms in total. The number of methoxy groups -OCH3 is 1. The summed E-state index contributed by atoms with van der Waals surface area (Å²) in [5.41, 5.74) is 1.87. The maximum atomic E-state index is 12.2. The Morgan fingerprint density at radius 2 is 2.08 bits per heavy atom. The highest BCUT2D eigenvalue weighted by molar-refractivity contribution is 6.30. The third kappa shape index (κ3) is 4.93. The lowest BCUT2D eigenvalue weighted by Gasteiger charge is -2.15. The Morgan fingerprint density at radius 1 is 1.35 bits per heavy atom. The molecule has 2 N–H and O–H groups in total. The predicted molar refractivity (Wildman–Crippen MR) is 101 cm³/mol. The highest BCUT2D eigenvalue weighted by atomic mass is 35.5. The summed E-state index contributed by atoms with van der Waals surface area (Å²) in [5.74, 6) is -0.172. The second-order valence-electron chi connectivity index (χ2n) is 5.80. The second-order valence-corrected chi connectivity index (χ2v) is 6.24. The molecular formula is C18H20ClN3O4. The Morgan fingerprint density at radius 3 is 2.69 bits per heavy atom. The molecule has 0 unspecified atom stereocenters. The van der Waals surface area contributed by atoms with Crippen LogP contribution < -0.4 is 15.4 Å². The number of carbonyl (C=O) groups is 1. The van der Waals surface area contributed by atoms with E-state index < -0.39 is 4.92 Å². The van der Waals surface area contributed by atoms with Crippen molar-refractivity contribution in [2.75, 3.05) is 19.0 Å². The van der Waals surface area contributed by atoms with E-state index in [0.29, 0.717) is 16.3 Å². The summed E-state index contributed by atoms with van der Waals surface area (Å²) in [6, 6.07) is 10.2.